The smallest absolute Gasteiger partial charge is 0.181 e. The summed E-state index contributed by atoms with van der Waals surface area (Å²) in [6.07, 6.45) is 3.51. The Morgan fingerprint density at radius 3 is 1.88 bits per heavy atom. The highest BCUT2D eigenvalue weighted by molar-refractivity contribution is 9.11. The van der Waals surface area contributed by atoms with Crippen molar-refractivity contribution in [3.63, 3.8) is 0 Å². The highest BCUT2D eigenvalue weighted by Crippen LogP contribution is 2.25. The molecule has 2 aromatic heterocycles. The van der Waals surface area contributed by atoms with Crippen molar-refractivity contribution in [1.82, 2.24) is 15.3 Å². The van der Waals surface area contributed by atoms with Crippen molar-refractivity contribution in [3.05, 3.63) is 16.2 Å². The summed E-state index contributed by atoms with van der Waals surface area (Å²) >= 11 is 6.17. The van der Waals surface area contributed by atoms with Crippen molar-refractivity contribution in [1.29, 1.82) is 0 Å². The van der Waals surface area contributed by atoms with E-state index in [2.05, 4.69) is 36.1 Å². The zero-order chi connectivity index (χ0) is 17.9. The number of thiazole rings is 2. The normalized spacial score (nSPS) is 16.4. The van der Waals surface area contributed by atoms with Crippen LogP contribution < -0.4 is 21.7 Å². The number of morpholine rings is 2. The van der Waals surface area contributed by atoms with Crippen LogP contribution in [-0.2, 0) is 9.47 Å². The molecule has 0 aromatic carbocycles. The summed E-state index contributed by atoms with van der Waals surface area (Å²) in [6, 6.07) is 0. The molecule has 0 spiro atoms. The molecule has 0 bridgehead atoms. The molecule has 0 amide bonds. The minimum Gasteiger partial charge on any atom is -0.379 e. The van der Waals surface area contributed by atoms with Crippen molar-refractivity contribution in [2.45, 2.75) is 0 Å². The van der Waals surface area contributed by atoms with Gasteiger partial charge in [-0.25, -0.2) is 9.97 Å². The second-order valence-electron chi connectivity index (χ2n) is 5.00. The average Bonchev–Trinajstić information content (AvgIpc) is 3.26. The van der Waals surface area contributed by atoms with Gasteiger partial charge in [-0.05, 0) is 15.9 Å². The van der Waals surface area contributed by atoms with Crippen LogP contribution in [0, 0.1) is 0 Å². The molecular weight excluding hydrogens is 508 g/mol. The average molecular weight is 532 g/mol. The van der Waals surface area contributed by atoms with Gasteiger partial charge < -0.3 is 31.2 Å². The van der Waals surface area contributed by atoms with Crippen molar-refractivity contribution < 1.29 is 9.47 Å². The number of hydrogen-bond acceptors (Lipinski definition) is 10. The van der Waals surface area contributed by atoms with E-state index < -0.39 is 0 Å². The molecule has 8 nitrogen and oxygen atoms in total. The van der Waals surface area contributed by atoms with Crippen LogP contribution in [0.4, 0.5) is 15.3 Å². The lowest BCUT2D eigenvalue weighted by Gasteiger charge is -2.26. The van der Waals surface area contributed by atoms with E-state index in [-0.39, 0.29) is 17.0 Å². The summed E-state index contributed by atoms with van der Waals surface area (Å²) in [5.74, 6) is 0. The molecule has 2 aromatic rings. The van der Waals surface area contributed by atoms with Gasteiger partial charge in [0, 0.05) is 26.2 Å². The number of nitrogen functional groups attached to an aromatic ring is 2. The summed E-state index contributed by atoms with van der Waals surface area (Å²) in [4.78, 5) is 10.0. The molecule has 0 saturated carbocycles. The van der Waals surface area contributed by atoms with Crippen molar-refractivity contribution in [2.24, 2.45) is 0 Å². The molecule has 0 aliphatic carbocycles. The monoisotopic (exact) mass is 530 g/mol. The zero-order valence-corrected chi connectivity index (χ0v) is 19.2. The molecule has 0 atom stereocenters. The minimum absolute atomic E-state index is 0. The third-order valence-electron chi connectivity index (χ3n) is 3.18. The first-order chi connectivity index (χ1) is 12.1. The Balaban J connectivity index is 0.000000208. The molecule has 4 rings (SSSR count). The quantitative estimate of drug-likeness (QED) is 0.513. The number of halogens is 2. The second kappa shape index (κ2) is 13.6. The summed E-state index contributed by atoms with van der Waals surface area (Å²) in [6.45, 7) is 7.33. The fourth-order valence-electron chi connectivity index (χ4n) is 1.99. The molecule has 2 aliphatic rings. The molecule has 2 saturated heterocycles. The highest BCUT2D eigenvalue weighted by atomic mass is 79.9. The van der Waals surface area contributed by atoms with Gasteiger partial charge in [0.2, 0.25) is 0 Å². The number of rotatable bonds is 1. The molecule has 4 heterocycles. The van der Waals surface area contributed by atoms with Crippen LogP contribution in [0.15, 0.2) is 16.2 Å². The predicted octanol–water partition coefficient (Wildman–Crippen LogP) is 2.23. The van der Waals surface area contributed by atoms with E-state index in [0.717, 1.165) is 61.4 Å². The van der Waals surface area contributed by atoms with Gasteiger partial charge in [-0.1, -0.05) is 22.7 Å². The number of anilines is 3. The third-order valence-corrected chi connectivity index (χ3v) is 5.37. The van der Waals surface area contributed by atoms with Crippen LogP contribution in [0.2, 0.25) is 0 Å². The largest absolute Gasteiger partial charge is 0.379 e. The van der Waals surface area contributed by atoms with Crippen LogP contribution >= 0.6 is 55.6 Å². The maximum atomic E-state index is 5.53. The summed E-state index contributed by atoms with van der Waals surface area (Å²) < 4.78 is 11.2. The van der Waals surface area contributed by atoms with Gasteiger partial charge in [0.15, 0.2) is 10.3 Å². The molecule has 2 aliphatic heterocycles. The van der Waals surface area contributed by atoms with Crippen LogP contribution in [0.25, 0.3) is 0 Å². The standard InChI is InChI=1S/C7H11N3OS.C4H9NO.C3H3BrN2S.BrH/c8-7-9-5-6(12-7)10-1-3-11-4-2-10;1-3-6-4-2-5-1;4-2-1-6-3(5)7-2;/h5H,1-4H2,(H2,8,9);5H,1-4H2;1H,(H2,5,6);1H. The number of nitrogens with zero attached hydrogens (tertiary/aromatic N) is 3. The Morgan fingerprint density at radius 1 is 0.962 bits per heavy atom. The van der Waals surface area contributed by atoms with Crippen LogP contribution in [0.3, 0.4) is 0 Å². The minimum atomic E-state index is 0. The number of hydrogen-bond donors (Lipinski definition) is 3. The SMILES string of the molecule is Br.C1COCCN1.Nc1ncc(Br)s1.Nc1ncc(N2CCOCC2)s1. The molecule has 148 valence electrons. The lowest BCUT2D eigenvalue weighted by molar-refractivity contribution is 0.109. The van der Waals surface area contributed by atoms with Crippen LogP contribution in [-0.4, -0.2) is 62.6 Å². The summed E-state index contributed by atoms with van der Waals surface area (Å²) in [7, 11) is 0. The molecule has 0 radical (unpaired) electrons. The van der Waals surface area contributed by atoms with E-state index in [0.29, 0.717) is 10.3 Å². The molecule has 2 fully saturated rings. The number of nitrogens with one attached hydrogen (secondary N) is 1. The Labute approximate surface area is 180 Å². The Hall–Kier alpha value is -0.500. The van der Waals surface area contributed by atoms with E-state index in [1.807, 2.05) is 6.20 Å². The highest BCUT2D eigenvalue weighted by Gasteiger charge is 2.12. The predicted molar refractivity (Wildman–Crippen MR) is 118 cm³/mol. The Bertz CT molecular complexity index is 578. The Kier molecular flexibility index (Phi) is 12.3. The Morgan fingerprint density at radius 2 is 1.54 bits per heavy atom. The number of aromatic nitrogens is 2. The molecule has 0 unspecified atom stereocenters. The first kappa shape index (κ1) is 23.5. The molecular formula is C14H24Br2N6O2S2. The lowest BCUT2D eigenvalue weighted by Crippen LogP contribution is -2.35. The van der Waals surface area contributed by atoms with Gasteiger partial charge in [-0.15, -0.1) is 17.0 Å². The van der Waals surface area contributed by atoms with Gasteiger partial charge in [0.25, 0.3) is 0 Å². The van der Waals surface area contributed by atoms with E-state index in [9.17, 15) is 0 Å². The van der Waals surface area contributed by atoms with Crippen LogP contribution in [0.5, 0.6) is 0 Å². The van der Waals surface area contributed by atoms with E-state index in [1.165, 1.54) is 22.7 Å². The van der Waals surface area contributed by atoms with Gasteiger partial charge >= 0.3 is 0 Å². The maximum Gasteiger partial charge on any atom is 0.181 e. The van der Waals surface area contributed by atoms with Gasteiger partial charge in [0.05, 0.1) is 42.6 Å². The fraction of sp³-hybridized carbons (Fsp3) is 0.571. The topological polar surface area (TPSA) is 112 Å². The van der Waals surface area contributed by atoms with E-state index >= 15 is 0 Å². The molecule has 5 N–H and O–H groups in total. The summed E-state index contributed by atoms with van der Waals surface area (Å²) in [5.41, 5.74) is 10.8. The second-order valence-corrected chi connectivity index (χ2v) is 8.48. The maximum absolute atomic E-state index is 5.53. The van der Waals surface area contributed by atoms with Gasteiger partial charge in [-0.3, -0.25) is 0 Å². The molecule has 26 heavy (non-hydrogen) atoms. The fourth-order valence-corrected chi connectivity index (χ4v) is 3.74. The van der Waals surface area contributed by atoms with E-state index in [1.54, 1.807) is 6.20 Å². The first-order valence-electron chi connectivity index (χ1n) is 7.84. The van der Waals surface area contributed by atoms with Crippen molar-refractivity contribution in [2.75, 3.05) is 69.0 Å². The number of nitrogens with two attached hydrogens (primary N) is 2. The van der Waals surface area contributed by atoms with Gasteiger partial charge in [-0.2, -0.15) is 0 Å². The van der Waals surface area contributed by atoms with Gasteiger partial charge in [0.1, 0.15) is 5.00 Å². The zero-order valence-electron chi connectivity index (χ0n) is 14.2. The van der Waals surface area contributed by atoms with E-state index in [4.69, 9.17) is 20.9 Å². The van der Waals surface area contributed by atoms with Crippen molar-refractivity contribution >= 4 is 70.8 Å². The first-order valence-corrected chi connectivity index (χ1v) is 10.3. The summed E-state index contributed by atoms with van der Waals surface area (Å²) in [5, 5.41) is 5.55. The van der Waals surface area contributed by atoms with Crippen LogP contribution in [0.1, 0.15) is 0 Å². The number of ether oxygens (including phenoxy) is 2. The lowest BCUT2D eigenvalue weighted by atomic mass is 10.4. The third kappa shape index (κ3) is 9.44. The molecule has 12 heteroatoms. The van der Waals surface area contributed by atoms with Crippen molar-refractivity contribution in [3.8, 4) is 0 Å².